The van der Waals surface area contributed by atoms with Gasteiger partial charge in [-0.25, -0.2) is 10.4 Å². The third-order valence-corrected chi connectivity index (χ3v) is 18.1. The largest absolute Gasteiger partial charge is 0.414 e. The van der Waals surface area contributed by atoms with Crippen molar-refractivity contribution in [3.8, 4) is 12.1 Å². The standard InChI is InChI=1S/2C14H18N3O2.8C5H6F6O2.5Cu.H2O/c2*1-13(2)14(3,4)17(19)12(16(13)18)11-7-5-10(9-15)6-8-11;8*6-4(7,8)2(12)1-3(13)5(9,10)11;;;;;;/h2*5-8,18-19H,1-4H3;8*2-3,12-13H,1H2;;;;;;1H2/q2*+1;;;;;;;;;;;;;;. The fourth-order valence-corrected chi connectivity index (χ4v) is 7.98. The van der Waals surface area contributed by atoms with Gasteiger partial charge in [-0.05, 0) is 104 Å². The van der Waals surface area contributed by atoms with E-state index in [4.69, 9.17) is 92.2 Å². The predicted octanol–water partition coefficient (Wildman–Crippen LogP) is 12.9. The molecule has 148 heavy (non-hydrogen) atoms. The number of aliphatic hydroxyl groups excluding tert-OH is 16. The minimum atomic E-state index is -5.15. The van der Waals surface area contributed by atoms with Gasteiger partial charge in [-0.2, -0.15) is 221 Å². The molecule has 0 aromatic heterocycles. The first-order chi connectivity index (χ1) is 61.8. The molecule has 903 valence electrons. The summed E-state index contributed by atoms with van der Waals surface area (Å²) in [5.74, 6) is 0.638. The van der Waals surface area contributed by atoms with E-state index < -0.39 is 270 Å². The van der Waals surface area contributed by atoms with Crippen molar-refractivity contribution in [1.82, 2.24) is 10.1 Å². The van der Waals surface area contributed by atoms with Gasteiger partial charge in [0.2, 0.25) is 0 Å². The van der Waals surface area contributed by atoms with Crippen molar-refractivity contribution in [3.05, 3.63) is 70.8 Å². The number of halogens is 48. The zero-order valence-electron chi connectivity index (χ0n) is 73.3. The van der Waals surface area contributed by atoms with E-state index in [0.717, 1.165) is 19.6 Å². The quantitative estimate of drug-likeness (QED) is 0.0285. The molecule has 22 N–H and O–H groups in total. The fraction of sp³-hybridized carbons (Fsp3) is 0.765. The Kier molecular flexibility index (Phi) is 71.3. The molecule has 80 heteroatoms. The molecule has 5 radical (unpaired) electrons. The molecule has 0 saturated carbocycles. The third-order valence-electron chi connectivity index (χ3n) is 18.1. The fourth-order valence-electron chi connectivity index (χ4n) is 7.98. The minimum absolute atomic E-state index is 0. The van der Waals surface area contributed by atoms with Crippen LogP contribution in [0, 0.1) is 22.7 Å². The first-order valence-corrected chi connectivity index (χ1v) is 36.5. The van der Waals surface area contributed by atoms with Gasteiger partial charge in [-0.1, -0.05) is 9.48 Å². The van der Waals surface area contributed by atoms with Gasteiger partial charge in [-0.3, -0.25) is 0 Å². The maximum Gasteiger partial charge on any atom is 0.414 e. The van der Waals surface area contributed by atoms with Crippen molar-refractivity contribution in [2.24, 2.45) is 0 Å². The van der Waals surface area contributed by atoms with Crippen LogP contribution in [-0.2, 0) is 85.3 Å². The van der Waals surface area contributed by atoms with E-state index in [-0.39, 0.29) is 90.8 Å². The van der Waals surface area contributed by atoms with Gasteiger partial charge in [0.25, 0.3) is 0 Å². The van der Waals surface area contributed by atoms with Gasteiger partial charge in [0, 0.05) is 137 Å². The van der Waals surface area contributed by atoms with E-state index in [0.29, 0.717) is 33.9 Å². The average molecular weight is 2550 g/mol. The van der Waals surface area contributed by atoms with Crippen molar-refractivity contribution in [2.45, 2.75) is 325 Å². The molecule has 2 aromatic rings. The summed E-state index contributed by atoms with van der Waals surface area (Å²) in [5, 5.41) is 191. The van der Waals surface area contributed by atoms with Gasteiger partial charge in [0.15, 0.2) is 120 Å². The topological polar surface area (TPSA) is 496 Å². The van der Waals surface area contributed by atoms with Crippen LogP contribution in [0.15, 0.2) is 48.5 Å². The summed E-state index contributed by atoms with van der Waals surface area (Å²) in [5.41, 5.74) is -0.207. The number of aliphatic hydroxyl groups is 16. The molecule has 0 spiro atoms. The molecule has 16 unspecified atom stereocenters. The molecule has 16 atom stereocenters. The maximum absolute atomic E-state index is 11.5. The van der Waals surface area contributed by atoms with Gasteiger partial charge in [-0.15, -0.1) is 10.1 Å². The summed E-state index contributed by atoms with van der Waals surface area (Å²) in [7, 11) is 0. The molecule has 4 rings (SSSR count). The molecule has 0 aliphatic carbocycles. The number of nitriles is 2. The Morgan fingerprint density at radius 1 is 0.223 bits per heavy atom. The number of benzene rings is 2. The number of rotatable bonds is 18. The molecular formula is C68H86Cu5F48N6O21+2. The zero-order chi connectivity index (χ0) is 116. The first kappa shape index (κ1) is 167. The maximum atomic E-state index is 11.5. The van der Waals surface area contributed by atoms with Crippen LogP contribution in [0.2, 0.25) is 0 Å². The summed E-state index contributed by atoms with van der Waals surface area (Å²) in [6.07, 6.45) is -147. The minimum Gasteiger partial charge on any atom is -0.412 e. The van der Waals surface area contributed by atoms with Crippen molar-refractivity contribution < 1.29 is 414 Å². The molecule has 0 saturated heterocycles. The average Bonchev–Trinajstić information content (AvgIpc) is 1.58. The van der Waals surface area contributed by atoms with Gasteiger partial charge in [0.1, 0.15) is 0 Å². The molecular weight excluding hydrogens is 2470 g/mol. The monoisotopic (exact) mass is 2550 g/mol. The third kappa shape index (κ3) is 60.5. The van der Waals surface area contributed by atoms with Crippen LogP contribution < -0.4 is 0 Å². The Hall–Kier alpha value is -5.56. The van der Waals surface area contributed by atoms with E-state index in [2.05, 4.69) is 0 Å². The van der Waals surface area contributed by atoms with Crippen molar-refractivity contribution >= 4 is 11.7 Å². The summed E-state index contributed by atoms with van der Waals surface area (Å²) in [6.45, 7) is 14.8. The molecule has 2 aliphatic heterocycles. The second-order valence-electron chi connectivity index (χ2n) is 30.3. The molecule has 0 amide bonds. The Labute approximate surface area is 851 Å². The molecule has 2 heterocycles. The SMILES string of the molecule is CC1(C)N(O)C(c2ccc(C#N)cc2)=[N+](O)C1(C)C.CC1(C)N(O)C(c2ccc(C#N)cc2)=[N+](O)C1(C)C.O.OC(CC(O)C(F)(F)F)C(F)(F)F.OC(CC(O)C(F)(F)F)C(F)(F)F.OC(CC(O)C(F)(F)F)C(F)(F)F.OC(CC(O)C(F)(F)F)C(F)(F)F.OC(CC(O)C(F)(F)F)C(F)(F)F.OC(CC(O)C(F)(F)F)C(F)(F)F.OC(CC(O)C(F)(F)F)C(F)(F)F.OC(CC(O)C(F)(F)F)C(F)(F)F.[Cu].[Cu].[Cu].[Cu].[Cu]. The second-order valence-corrected chi connectivity index (χ2v) is 30.3. The molecule has 2 aromatic carbocycles. The normalized spacial score (nSPS) is 18.2. The van der Waals surface area contributed by atoms with Gasteiger partial charge in [0.05, 0.1) is 34.4 Å². The van der Waals surface area contributed by atoms with Crippen molar-refractivity contribution in [2.75, 3.05) is 0 Å². The van der Waals surface area contributed by atoms with Crippen LogP contribution in [0.4, 0.5) is 211 Å². The molecule has 0 bridgehead atoms. The number of hydrogen-bond donors (Lipinski definition) is 20. The number of hydroxylamine groups is 6. The second kappa shape index (κ2) is 63.0. The van der Waals surface area contributed by atoms with Crippen LogP contribution in [0.25, 0.3) is 0 Å². The zero-order valence-corrected chi connectivity index (χ0v) is 78.0. The summed E-state index contributed by atoms with van der Waals surface area (Å²) < 4.78 is 553. The Morgan fingerprint density at radius 2 is 0.311 bits per heavy atom. The molecule has 0 fully saturated rings. The molecule has 27 nitrogen and oxygen atoms in total. The van der Waals surface area contributed by atoms with Crippen LogP contribution >= 0.6 is 0 Å². The van der Waals surface area contributed by atoms with Crippen LogP contribution in [0.5, 0.6) is 0 Å². The number of hydrogen-bond acceptors (Lipinski definition) is 24. The predicted molar refractivity (Wildman–Crippen MR) is 372 cm³/mol. The summed E-state index contributed by atoms with van der Waals surface area (Å²) >= 11 is 0. The number of alkyl halides is 48. The first-order valence-electron chi connectivity index (χ1n) is 36.5. The van der Waals surface area contributed by atoms with E-state index in [1.165, 1.54) is 0 Å². The van der Waals surface area contributed by atoms with Crippen molar-refractivity contribution in [3.63, 3.8) is 0 Å². The van der Waals surface area contributed by atoms with E-state index in [1.54, 1.807) is 48.5 Å². The molecule has 2 aliphatic rings. The van der Waals surface area contributed by atoms with Crippen LogP contribution in [0.3, 0.4) is 0 Å². The number of nitrogens with zero attached hydrogens (tertiary/aromatic N) is 6. The van der Waals surface area contributed by atoms with E-state index in [1.807, 2.05) is 67.5 Å². The van der Waals surface area contributed by atoms with E-state index in [9.17, 15) is 232 Å². The Morgan fingerprint density at radius 3 is 0.372 bits per heavy atom. The van der Waals surface area contributed by atoms with Gasteiger partial charge >= 0.3 is 110 Å². The number of amidine groups is 2. The Balaban J connectivity index is -0.000000139. The Bertz CT molecular complexity index is 3450. The van der Waals surface area contributed by atoms with E-state index >= 15 is 0 Å². The summed E-state index contributed by atoms with van der Waals surface area (Å²) in [6, 6.07) is 17.5. The summed E-state index contributed by atoms with van der Waals surface area (Å²) in [4.78, 5) is 0. The van der Waals surface area contributed by atoms with Crippen molar-refractivity contribution in [1.29, 1.82) is 10.5 Å². The van der Waals surface area contributed by atoms with Gasteiger partial charge < -0.3 is 97.6 Å². The van der Waals surface area contributed by atoms with Crippen LogP contribution in [0.1, 0.15) is 129 Å². The smallest absolute Gasteiger partial charge is 0.412 e. The van der Waals surface area contributed by atoms with Crippen LogP contribution in [-0.4, -0.2) is 358 Å².